The van der Waals surface area contributed by atoms with Gasteiger partial charge in [-0.1, -0.05) is 67.3 Å². The fourth-order valence-corrected chi connectivity index (χ4v) is 4.86. The topological polar surface area (TPSA) is 58.6 Å². The number of nitrogens with zero attached hydrogens (tertiary/aromatic N) is 1. The van der Waals surface area contributed by atoms with E-state index in [-0.39, 0.29) is 11.6 Å². The Morgan fingerprint density at radius 2 is 1.73 bits per heavy atom. The zero-order chi connectivity index (χ0) is 26.6. The van der Waals surface area contributed by atoms with E-state index in [1.807, 2.05) is 24.3 Å². The summed E-state index contributed by atoms with van der Waals surface area (Å²) in [7, 11) is 0. The maximum atomic E-state index is 13.1. The first-order valence-electron chi connectivity index (χ1n) is 11.2. The van der Waals surface area contributed by atoms with Crippen LogP contribution in [0.3, 0.4) is 0 Å². The number of hydrogen-bond donors (Lipinski definition) is 1. The number of rotatable bonds is 7. The molecule has 1 N–H and O–H groups in total. The van der Waals surface area contributed by atoms with E-state index in [1.165, 1.54) is 34.9 Å². The first-order valence-corrected chi connectivity index (χ1v) is 12.4. The van der Waals surface area contributed by atoms with Crippen molar-refractivity contribution in [1.82, 2.24) is 0 Å². The molecule has 3 aromatic rings. The number of thiocarbonyl (C=S) groups is 1. The molecule has 1 aliphatic rings. The van der Waals surface area contributed by atoms with Gasteiger partial charge in [-0.15, -0.1) is 0 Å². The first kappa shape index (κ1) is 26.4. The van der Waals surface area contributed by atoms with Crippen molar-refractivity contribution in [2.24, 2.45) is 0 Å². The van der Waals surface area contributed by atoms with Gasteiger partial charge in [0.2, 0.25) is 0 Å². The maximum absolute atomic E-state index is 13.1. The van der Waals surface area contributed by atoms with Crippen LogP contribution in [-0.2, 0) is 22.2 Å². The number of anilines is 2. The summed E-state index contributed by atoms with van der Waals surface area (Å²) in [5, 5.41) is 2.23. The lowest BCUT2D eigenvalue weighted by atomic mass is 10.1. The minimum Gasteiger partial charge on any atom is -0.484 e. The van der Waals surface area contributed by atoms with Gasteiger partial charge in [-0.05, 0) is 60.0 Å². The Labute approximate surface area is 221 Å². The molecule has 5 nitrogen and oxygen atoms in total. The van der Waals surface area contributed by atoms with Crippen LogP contribution in [0.15, 0.2) is 77.7 Å². The van der Waals surface area contributed by atoms with E-state index in [9.17, 15) is 22.8 Å². The van der Waals surface area contributed by atoms with Gasteiger partial charge in [0.25, 0.3) is 11.8 Å². The highest BCUT2D eigenvalue weighted by Gasteiger charge is 2.34. The van der Waals surface area contributed by atoms with Gasteiger partial charge < -0.3 is 10.1 Å². The summed E-state index contributed by atoms with van der Waals surface area (Å²) in [6, 6.07) is 19.0. The molecule has 1 aliphatic heterocycles. The Kier molecular flexibility index (Phi) is 7.99. The van der Waals surface area contributed by atoms with Crippen molar-refractivity contribution in [2.75, 3.05) is 16.8 Å². The van der Waals surface area contributed by atoms with Crippen molar-refractivity contribution >= 4 is 57.6 Å². The second-order valence-corrected chi connectivity index (χ2v) is 9.66. The number of aryl methyl sites for hydroxylation is 1. The number of benzene rings is 3. The molecule has 1 heterocycles. The van der Waals surface area contributed by atoms with E-state index >= 15 is 0 Å². The lowest BCUT2D eigenvalue weighted by Crippen LogP contribution is -2.27. The number of amides is 2. The van der Waals surface area contributed by atoms with Gasteiger partial charge in [0.15, 0.2) is 10.9 Å². The summed E-state index contributed by atoms with van der Waals surface area (Å²) in [6.45, 7) is 1.58. The van der Waals surface area contributed by atoms with Crippen molar-refractivity contribution in [3.05, 3.63) is 94.4 Å². The van der Waals surface area contributed by atoms with Crippen LogP contribution in [0.2, 0.25) is 0 Å². The molecule has 0 unspecified atom stereocenters. The SMILES string of the molecule is CCc1ccc(N2C(=O)/C(=C/c3ccc(OCC(=O)Nc4ccccc4C(F)(F)F)cc3)SC2=S)cc1. The second kappa shape index (κ2) is 11.2. The smallest absolute Gasteiger partial charge is 0.418 e. The van der Waals surface area contributed by atoms with Gasteiger partial charge in [-0.3, -0.25) is 14.5 Å². The number of carbonyl (C=O) groups excluding carboxylic acids is 2. The number of alkyl halides is 3. The summed E-state index contributed by atoms with van der Waals surface area (Å²) in [4.78, 5) is 27.1. The molecule has 2 amide bonds. The minimum absolute atomic E-state index is 0.213. The van der Waals surface area contributed by atoms with Crippen LogP contribution >= 0.6 is 24.0 Å². The monoisotopic (exact) mass is 542 g/mol. The standard InChI is InChI=1S/C27H21F3N2O3S2/c1-2-17-7-11-19(12-8-17)32-25(34)23(37-26(32)36)15-18-9-13-20(14-10-18)35-16-24(33)31-22-6-4-3-5-21(22)27(28,29)30/h3-15H,2,16H2,1H3,(H,31,33)/b23-15-. The number of hydrogen-bond acceptors (Lipinski definition) is 5. The molecule has 37 heavy (non-hydrogen) atoms. The van der Waals surface area contributed by atoms with Crippen molar-refractivity contribution in [3.8, 4) is 5.75 Å². The second-order valence-electron chi connectivity index (χ2n) is 7.99. The average molecular weight is 543 g/mol. The normalized spacial score (nSPS) is 14.8. The van der Waals surface area contributed by atoms with Crippen LogP contribution < -0.4 is 15.0 Å². The molecule has 0 aliphatic carbocycles. The lowest BCUT2D eigenvalue weighted by Gasteiger charge is -2.14. The van der Waals surface area contributed by atoms with Gasteiger partial charge in [-0.25, -0.2) is 0 Å². The van der Waals surface area contributed by atoms with E-state index < -0.39 is 24.3 Å². The van der Waals surface area contributed by atoms with Gasteiger partial charge in [0.05, 0.1) is 21.8 Å². The Morgan fingerprint density at radius 3 is 2.38 bits per heavy atom. The van der Waals surface area contributed by atoms with Crippen molar-refractivity contribution in [3.63, 3.8) is 0 Å². The predicted molar refractivity (Wildman–Crippen MR) is 143 cm³/mol. The van der Waals surface area contributed by atoms with E-state index in [0.717, 1.165) is 23.6 Å². The number of para-hydroxylation sites is 1. The highest BCUT2D eigenvalue weighted by atomic mass is 32.2. The molecule has 0 saturated carbocycles. The predicted octanol–water partition coefficient (Wildman–Crippen LogP) is 6.69. The van der Waals surface area contributed by atoms with Crippen LogP contribution in [0.25, 0.3) is 6.08 Å². The molecule has 3 aromatic carbocycles. The summed E-state index contributed by atoms with van der Waals surface area (Å²) >= 11 is 6.62. The molecule has 10 heteroatoms. The molecule has 0 atom stereocenters. The van der Waals surface area contributed by atoms with E-state index in [4.69, 9.17) is 17.0 Å². The average Bonchev–Trinajstić information content (AvgIpc) is 3.15. The Bertz CT molecular complexity index is 1350. The zero-order valence-electron chi connectivity index (χ0n) is 19.5. The van der Waals surface area contributed by atoms with Gasteiger partial charge in [-0.2, -0.15) is 13.2 Å². The van der Waals surface area contributed by atoms with Crippen molar-refractivity contribution in [2.45, 2.75) is 19.5 Å². The molecule has 0 aromatic heterocycles. The number of halogens is 3. The Balaban J connectivity index is 1.37. The third-order valence-electron chi connectivity index (χ3n) is 5.45. The van der Waals surface area contributed by atoms with Crippen LogP contribution in [0.5, 0.6) is 5.75 Å². The quantitative estimate of drug-likeness (QED) is 0.266. The third kappa shape index (κ3) is 6.39. The molecule has 1 fully saturated rings. The largest absolute Gasteiger partial charge is 0.484 e. The number of nitrogens with one attached hydrogen (secondary N) is 1. The number of ether oxygens (including phenoxy) is 1. The number of carbonyl (C=O) groups is 2. The van der Waals surface area contributed by atoms with E-state index in [2.05, 4.69) is 12.2 Å². The fourth-order valence-electron chi connectivity index (χ4n) is 3.56. The van der Waals surface area contributed by atoms with Gasteiger partial charge >= 0.3 is 6.18 Å². The Morgan fingerprint density at radius 1 is 1.05 bits per heavy atom. The van der Waals surface area contributed by atoms with Crippen LogP contribution in [0.4, 0.5) is 24.5 Å². The molecule has 0 radical (unpaired) electrons. The summed E-state index contributed by atoms with van der Waals surface area (Å²) in [5.41, 5.74) is 1.32. The van der Waals surface area contributed by atoms with Crippen molar-refractivity contribution in [1.29, 1.82) is 0 Å². The molecule has 4 rings (SSSR count). The fraction of sp³-hybridized carbons (Fsp3) is 0.148. The summed E-state index contributed by atoms with van der Waals surface area (Å²) in [5.74, 6) is -0.591. The van der Waals surface area contributed by atoms with Crippen molar-refractivity contribution < 1.29 is 27.5 Å². The molecule has 1 saturated heterocycles. The highest BCUT2D eigenvalue weighted by molar-refractivity contribution is 8.27. The zero-order valence-corrected chi connectivity index (χ0v) is 21.2. The van der Waals surface area contributed by atoms with E-state index in [1.54, 1.807) is 30.3 Å². The molecule has 0 spiro atoms. The lowest BCUT2D eigenvalue weighted by molar-refractivity contribution is -0.137. The van der Waals surface area contributed by atoms with Crippen LogP contribution in [-0.4, -0.2) is 22.7 Å². The van der Waals surface area contributed by atoms with Gasteiger partial charge in [0, 0.05) is 0 Å². The molecular formula is C27H21F3N2O3S2. The maximum Gasteiger partial charge on any atom is 0.418 e. The highest BCUT2D eigenvalue weighted by Crippen LogP contribution is 2.36. The Hall–Kier alpha value is -3.63. The minimum atomic E-state index is -4.59. The van der Waals surface area contributed by atoms with Gasteiger partial charge in [0.1, 0.15) is 5.75 Å². The number of thioether (sulfide) groups is 1. The summed E-state index contributed by atoms with van der Waals surface area (Å²) < 4.78 is 45.1. The van der Waals surface area contributed by atoms with Crippen LogP contribution in [0.1, 0.15) is 23.6 Å². The summed E-state index contributed by atoms with van der Waals surface area (Å²) in [6.07, 6.45) is -1.98. The first-order chi connectivity index (χ1) is 17.7. The van der Waals surface area contributed by atoms with E-state index in [0.29, 0.717) is 20.7 Å². The third-order valence-corrected chi connectivity index (χ3v) is 6.75. The molecule has 190 valence electrons. The van der Waals surface area contributed by atoms with Crippen LogP contribution in [0, 0.1) is 0 Å². The molecular weight excluding hydrogens is 521 g/mol. The molecule has 0 bridgehead atoms.